The van der Waals surface area contributed by atoms with E-state index in [0.717, 1.165) is 11.3 Å². The predicted octanol–water partition coefficient (Wildman–Crippen LogP) is 3.42. The van der Waals surface area contributed by atoms with E-state index >= 15 is 0 Å². The molecular formula is C17H19N3O2S. The van der Waals surface area contributed by atoms with Crippen LogP contribution in [0.5, 0.6) is 11.5 Å². The fourth-order valence-electron chi connectivity index (χ4n) is 1.84. The van der Waals surface area contributed by atoms with Gasteiger partial charge in [0.25, 0.3) is 0 Å². The monoisotopic (exact) mass is 329 g/mol. The molecule has 120 valence electrons. The van der Waals surface area contributed by atoms with Crippen LogP contribution < -0.4 is 15.5 Å². The van der Waals surface area contributed by atoms with Gasteiger partial charge >= 0.3 is 0 Å². The van der Waals surface area contributed by atoms with Gasteiger partial charge in [-0.2, -0.15) is 5.10 Å². The lowest BCUT2D eigenvalue weighted by Gasteiger charge is -2.07. The van der Waals surface area contributed by atoms with Crippen molar-refractivity contribution < 1.29 is 9.84 Å². The molecule has 0 aliphatic heterocycles. The topological polar surface area (TPSA) is 65.9 Å². The summed E-state index contributed by atoms with van der Waals surface area (Å²) < 4.78 is 5.32. The zero-order chi connectivity index (χ0) is 16.7. The molecule has 0 unspecified atom stereocenters. The van der Waals surface area contributed by atoms with E-state index in [1.165, 1.54) is 5.56 Å². The lowest BCUT2D eigenvalue weighted by atomic mass is 10.2. The molecule has 5 nitrogen and oxygen atoms in total. The first-order chi connectivity index (χ1) is 11.1. The minimum Gasteiger partial charge on any atom is -0.504 e. The van der Waals surface area contributed by atoms with Crippen LogP contribution in [0.4, 0.5) is 5.69 Å². The Morgan fingerprint density at radius 2 is 2.00 bits per heavy atom. The number of nitrogens with one attached hydrogen (secondary N) is 2. The summed E-state index contributed by atoms with van der Waals surface area (Å²) >= 11 is 5.17. The highest BCUT2D eigenvalue weighted by Crippen LogP contribution is 2.26. The molecule has 0 bridgehead atoms. The van der Waals surface area contributed by atoms with Crippen LogP contribution in [0.1, 0.15) is 18.1 Å². The molecule has 0 spiro atoms. The molecule has 23 heavy (non-hydrogen) atoms. The number of phenols is 1. The Hall–Kier alpha value is -2.60. The Balaban J connectivity index is 1.91. The van der Waals surface area contributed by atoms with E-state index in [0.29, 0.717) is 17.5 Å². The second-order valence-corrected chi connectivity index (χ2v) is 5.26. The molecule has 2 rings (SSSR count). The molecule has 0 heterocycles. The summed E-state index contributed by atoms with van der Waals surface area (Å²) in [6.07, 6.45) is 1.60. The molecular weight excluding hydrogens is 310 g/mol. The van der Waals surface area contributed by atoms with Gasteiger partial charge in [-0.15, -0.1) is 0 Å². The highest BCUT2D eigenvalue weighted by atomic mass is 32.1. The summed E-state index contributed by atoms with van der Waals surface area (Å²) in [5.74, 6) is 0.533. The molecule has 0 atom stereocenters. The fourth-order valence-corrected chi connectivity index (χ4v) is 2.01. The number of benzene rings is 2. The molecule has 2 aromatic carbocycles. The Kier molecular flexibility index (Phi) is 5.94. The molecule has 2 aromatic rings. The normalized spacial score (nSPS) is 10.5. The minimum absolute atomic E-state index is 0.105. The van der Waals surface area contributed by atoms with Gasteiger partial charge in [-0.3, -0.25) is 5.43 Å². The predicted molar refractivity (Wildman–Crippen MR) is 97.4 cm³/mol. The molecule has 0 aromatic heterocycles. The van der Waals surface area contributed by atoms with Crippen molar-refractivity contribution in [3.05, 3.63) is 53.6 Å². The first kappa shape index (κ1) is 16.8. The molecule has 0 saturated heterocycles. The molecule has 6 heteroatoms. The number of ether oxygens (including phenoxy) is 1. The van der Waals surface area contributed by atoms with Crippen LogP contribution in [0.25, 0.3) is 0 Å². The van der Waals surface area contributed by atoms with Gasteiger partial charge in [0.2, 0.25) is 0 Å². The number of hydrogen-bond acceptors (Lipinski definition) is 4. The van der Waals surface area contributed by atoms with E-state index in [9.17, 15) is 5.11 Å². The molecule has 0 amide bonds. The number of phenolic OH excluding ortho intramolecular Hbond substituents is 1. The highest BCUT2D eigenvalue weighted by molar-refractivity contribution is 7.80. The molecule has 0 saturated carbocycles. The van der Waals surface area contributed by atoms with E-state index in [1.54, 1.807) is 24.4 Å². The maximum Gasteiger partial charge on any atom is 0.191 e. The van der Waals surface area contributed by atoms with Crippen molar-refractivity contribution in [2.24, 2.45) is 5.10 Å². The van der Waals surface area contributed by atoms with Gasteiger partial charge in [0.15, 0.2) is 16.6 Å². The summed E-state index contributed by atoms with van der Waals surface area (Å²) in [6.45, 7) is 4.37. The van der Waals surface area contributed by atoms with Crippen molar-refractivity contribution in [1.82, 2.24) is 5.43 Å². The Bertz CT molecular complexity index is 699. The van der Waals surface area contributed by atoms with Gasteiger partial charge in [-0.1, -0.05) is 17.7 Å². The highest BCUT2D eigenvalue weighted by Gasteiger charge is 2.02. The van der Waals surface area contributed by atoms with Gasteiger partial charge in [0.05, 0.1) is 12.8 Å². The zero-order valence-corrected chi connectivity index (χ0v) is 13.9. The smallest absolute Gasteiger partial charge is 0.191 e. The molecule has 0 aliphatic carbocycles. The first-order valence-electron chi connectivity index (χ1n) is 7.21. The summed E-state index contributed by atoms with van der Waals surface area (Å²) in [5, 5.41) is 17.2. The van der Waals surface area contributed by atoms with Gasteiger partial charge in [-0.05, 0) is 62.0 Å². The summed E-state index contributed by atoms with van der Waals surface area (Å²) in [5.41, 5.74) is 5.62. The van der Waals surface area contributed by atoms with Crippen LogP contribution in [-0.2, 0) is 0 Å². The van der Waals surface area contributed by atoms with Gasteiger partial charge < -0.3 is 15.2 Å². The number of hydrogen-bond donors (Lipinski definition) is 3. The Morgan fingerprint density at radius 1 is 1.26 bits per heavy atom. The lowest BCUT2D eigenvalue weighted by Crippen LogP contribution is -2.23. The number of thiocarbonyl (C=S) groups is 1. The van der Waals surface area contributed by atoms with Crippen LogP contribution in [-0.4, -0.2) is 23.0 Å². The van der Waals surface area contributed by atoms with E-state index < -0.39 is 0 Å². The number of aromatic hydroxyl groups is 1. The van der Waals surface area contributed by atoms with Crippen LogP contribution in [0.3, 0.4) is 0 Å². The number of aryl methyl sites for hydroxylation is 1. The van der Waals surface area contributed by atoms with Crippen molar-refractivity contribution in [1.29, 1.82) is 0 Å². The minimum atomic E-state index is 0.105. The van der Waals surface area contributed by atoms with E-state index in [4.69, 9.17) is 17.0 Å². The van der Waals surface area contributed by atoms with E-state index in [1.807, 2.05) is 38.1 Å². The van der Waals surface area contributed by atoms with Crippen LogP contribution in [0.15, 0.2) is 47.6 Å². The van der Waals surface area contributed by atoms with Crippen molar-refractivity contribution in [3.8, 4) is 11.5 Å². The van der Waals surface area contributed by atoms with Crippen molar-refractivity contribution in [2.75, 3.05) is 11.9 Å². The lowest BCUT2D eigenvalue weighted by molar-refractivity contribution is 0.318. The second-order valence-electron chi connectivity index (χ2n) is 4.85. The Labute approximate surface area is 141 Å². The van der Waals surface area contributed by atoms with E-state index in [2.05, 4.69) is 15.8 Å². The van der Waals surface area contributed by atoms with E-state index in [-0.39, 0.29) is 5.75 Å². The summed E-state index contributed by atoms with van der Waals surface area (Å²) in [6, 6.07) is 12.9. The van der Waals surface area contributed by atoms with Crippen molar-refractivity contribution >= 4 is 29.2 Å². The average Bonchev–Trinajstić information content (AvgIpc) is 2.53. The van der Waals surface area contributed by atoms with Crippen molar-refractivity contribution in [3.63, 3.8) is 0 Å². The SMILES string of the molecule is CCOc1cc(/C=N/NC(=S)Nc2ccc(C)cc2)ccc1O. The van der Waals surface area contributed by atoms with Gasteiger partial charge in [0, 0.05) is 5.69 Å². The largest absolute Gasteiger partial charge is 0.504 e. The van der Waals surface area contributed by atoms with Crippen LogP contribution in [0.2, 0.25) is 0 Å². The van der Waals surface area contributed by atoms with Crippen LogP contribution >= 0.6 is 12.2 Å². The second kappa shape index (κ2) is 8.14. The van der Waals surface area contributed by atoms with Gasteiger partial charge in [0.1, 0.15) is 0 Å². The zero-order valence-electron chi connectivity index (χ0n) is 13.0. The molecule has 3 N–H and O–H groups in total. The Morgan fingerprint density at radius 3 is 2.70 bits per heavy atom. The maximum absolute atomic E-state index is 9.65. The third kappa shape index (κ3) is 5.27. The van der Waals surface area contributed by atoms with Crippen LogP contribution in [0, 0.1) is 6.92 Å². The maximum atomic E-state index is 9.65. The molecule has 0 fully saturated rings. The standard InChI is InChI=1S/C17H19N3O2S/c1-3-22-16-10-13(6-9-15(16)21)11-18-20-17(23)19-14-7-4-12(2)5-8-14/h4-11,21H,3H2,1-2H3,(H2,19,20,23)/b18-11+. The fraction of sp³-hybridized carbons (Fsp3) is 0.176. The number of anilines is 1. The average molecular weight is 329 g/mol. The summed E-state index contributed by atoms with van der Waals surface area (Å²) in [4.78, 5) is 0. The number of nitrogens with zero attached hydrogens (tertiary/aromatic N) is 1. The first-order valence-corrected chi connectivity index (χ1v) is 7.62. The number of hydrazone groups is 1. The quantitative estimate of drug-likeness (QED) is 0.446. The van der Waals surface area contributed by atoms with Crippen molar-refractivity contribution in [2.45, 2.75) is 13.8 Å². The summed E-state index contributed by atoms with van der Waals surface area (Å²) in [7, 11) is 0. The third-order valence-corrected chi connectivity index (χ3v) is 3.17. The number of rotatable bonds is 5. The van der Waals surface area contributed by atoms with Gasteiger partial charge in [-0.25, -0.2) is 0 Å². The molecule has 0 aliphatic rings. The molecule has 0 radical (unpaired) electrons. The third-order valence-electron chi connectivity index (χ3n) is 2.97.